The third-order valence-electron chi connectivity index (χ3n) is 4.82. The van der Waals surface area contributed by atoms with Gasteiger partial charge in [0, 0.05) is 22.9 Å². The molecule has 0 saturated heterocycles. The second-order valence-electron chi connectivity index (χ2n) is 6.52. The summed E-state index contributed by atoms with van der Waals surface area (Å²) in [5.74, 6) is -1.04. The molecule has 0 spiro atoms. The van der Waals surface area contributed by atoms with Crippen molar-refractivity contribution in [3.8, 4) is 11.1 Å². The minimum atomic E-state index is -1.03. The van der Waals surface area contributed by atoms with Crippen LogP contribution in [0, 0.1) is 6.92 Å². The van der Waals surface area contributed by atoms with E-state index in [0.29, 0.717) is 17.5 Å². The Balaban J connectivity index is 1.84. The van der Waals surface area contributed by atoms with E-state index in [1.54, 1.807) is 5.38 Å². The van der Waals surface area contributed by atoms with Crippen LogP contribution >= 0.6 is 11.3 Å². The molecule has 0 atom stereocenters. The number of fused-ring (bicyclic) bond motifs is 1. The zero-order valence-electron chi connectivity index (χ0n) is 15.2. The minimum absolute atomic E-state index is 0.00841. The predicted octanol–water partition coefficient (Wildman–Crippen LogP) is 5.08. The van der Waals surface area contributed by atoms with Gasteiger partial charge in [0.05, 0.1) is 5.01 Å². The number of carbonyl (C=O) groups excluding carboxylic acids is 1. The molecule has 1 aromatic carbocycles. The Bertz CT molecular complexity index is 1150. The van der Waals surface area contributed by atoms with Gasteiger partial charge in [0.15, 0.2) is 11.5 Å². The van der Waals surface area contributed by atoms with Gasteiger partial charge in [0.2, 0.25) is 0 Å². The van der Waals surface area contributed by atoms with E-state index in [4.69, 9.17) is 5.11 Å². The molecule has 0 unspecified atom stereocenters. The Labute approximate surface area is 166 Å². The van der Waals surface area contributed by atoms with Crippen molar-refractivity contribution < 1.29 is 14.7 Å². The highest BCUT2D eigenvalue weighted by Gasteiger charge is 2.25. The molecule has 2 aliphatic carbocycles. The smallest absolute Gasteiger partial charge is 0.355 e. The van der Waals surface area contributed by atoms with Crippen LogP contribution in [0.3, 0.4) is 0 Å². The Hall–Kier alpha value is -3.31. The quantitative estimate of drug-likeness (QED) is 0.485. The van der Waals surface area contributed by atoms with Crippen LogP contribution in [0.2, 0.25) is 0 Å². The van der Waals surface area contributed by atoms with Crippen LogP contribution in [0.15, 0.2) is 66.0 Å². The average molecular weight is 387 g/mol. The van der Waals surface area contributed by atoms with Crippen molar-refractivity contribution in [1.29, 1.82) is 0 Å². The SMILES string of the molecule is Cc1c(Cc2nc(C(=O)O)cs2)c2cccccc-2c1C(=O)c1ccccc1. The predicted molar refractivity (Wildman–Crippen MR) is 110 cm³/mol. The molecule has 4 nitrogen and oxygen atoms in total. The van der Waals surface area contributed by atoms with Gasteiger partial charge >= 0.3 is 5.97 Å². The number of carboxylic acid groups (broad SMARTS) is 1. The lowest BCUT2D eigenvalue weighted by atomic mass is 9.99. The fourth-order valence-electron chi connectivity index (χ4n) is 3.48. The van der Waals surface area contributed by atoms with Gasteiger partial charge in [-0.2, -0.15) is 0 Å². The summed E-state index contributed by atoms with van der Waals surface area (Å²) in [5, 5.41) is 11.4. The number of aromatic nitrogens is 1. The minimum Gasteiger partial charge on any atom is -0.476 e. The number of rotatable bonds is 5. The molecule has 0 amide bonds. The second kappa shape index (κ2) is 7.37. The number of carbonyl (C=O) groups is 2. The zero-order chi connectivity index (χ0) is 19.7. The van der Waals surface area contributed by atoms with Crippen molar-refractivity contribution in [1.82, 2.24) is 4.98 Å². The highest BCUT2D eigenvalue weighted by molar-refractivity contribution is 7.09. The van der Waals surface area contributed by atoms with Gasteiger partial charge in [-0.3, -0.25) is 4.79 Å². The Kier molecular flexibility index (Phi) is 4.75. The normalized spacial score (nSPS) is 10.9. The highest BCUT2D eigenvalue weighted by atomic mass is 32.1. The lowest BCUT2D eigenvalue weighted by molar-refractivity contribution is 0.0691. The number of benzene rings is 1. The van der Waals surface area contributed by atoms with Gasteiger partial charge in [0.25, 0.3) is 0 Å². The van der Waals surface area contributed by atoms with E-state index in [1.165, 1.54) is 11.3 Å². The number of hydrogen-bond acceptors (Lipinski definition) is 4. The van der Waals surface area contributed by atoms with Gasteiger partial charge in [-0.25, -0.2) is 9.78 Å². The van der Waals surface area contributed by atoms with Crippen LogP contribution < -0.4 is 0 Å². The van der Waals surface area contributed by atoms with Crippen molar-refractivity contribution in [3.63, 3.8) is 0 Å². The first-order valence-corrected chi connectivity index (χ1v) is 9.72. The average Bonchev–Trinajstić information content (AvgIpc) is 3.18. The van der Waals surface area contributed by atoms with E-state index in [9.17, 15) is 9.59 Å². The monoisotopic (exact) mass is 387 g/mol. The molecule has 1 N–H and O–H groups in total. The zero-order valence-corrected chi connectivity index (χ0v) is 16.0. The first-order chi connectivity index (χ1) is 13.6. The molecule has 2 aromatic rings. The molecular formula is C23H17NO3S. The van der Waals surface area contributed by atoms with Crippen molar-refractivity contribution in [2.45, 2.75) is 13.3 Å². The van der Waals surface area contributed by atoms with Crippen LogP contribution in [0.5, 0.6) is 0 Å². The van der Waals surface area contributed by atoms with Crippen molar-refractivity contribution in [3.05, 3.63) is 99.0 Å². The molecule has 0 bridgehead atoms. The maximum Gasteiger partial charge on any atom is 0.355 e. The summed E-state index contributed by atoms with van der Waals surface area (Å²) in [7, 11) is 0. The van der Waals surface area contributed by atoms with Crippen LogP contribution in [-0.4, -0.2) is 21.8 Å². The number of carboxylic acids is 1. The van der Waals surface area contributed by atoms with E-state index in [0.717, 1.165) is 27.3 Å². The van der Waals surface area contributed by atoms with E-state index < -0.39 is 5.97 Å². The molecule has 0 saturated carbocycles. The molecule has 138 valence electrons. The van der Waals surface area contributed by atoms with Gasteiger partial charge in [-0.1, -0.05) is 60.7 Å². The Morgan fingerprint density at radius 3 is 2.25 bits per heavy atom. The first-order valence-electron chi connectivity index (χ1n) is 8.84. The molecule has 1 heterocycles. The lowest BCUT2D eigenvalue weighted by Gasteiger charge is -2.03. The molecule has 0 radical (unpaired) electrons. The molecule has 4 rings (SSSR count). The molecule has 5 heteroatoms. The van der Waals surface area contributed by atoms with Gasteiger partial charge < -0.3 is 5.11 Å². The van der Waals surface area contributed by atoms with E-state index in [1.807, 2.05) is 67.6 Å². The molecule has 0 fully saturated rings. The summed E-state index contributed by atoms with van der Waals surface area (Å²) < 4.78 is 0. The fourth-order valence-corrected chi connectivity index (χ4v) is 4.26. The largest absolute Gasteiger partial charge is 0.476 e. The van der Waals surface area contributed by atoms with Crippen LogP contribution in [0.25, 0.3) is 11.1 Å². The number of ketones is 1. The van der Waals surface area contributed by atoms with Crippen LogP contribution in [-0.2, 0) is 6.42 Å². The van der Waals surface area contributed by atoms with Crippen molar-refractivity contribution in [2.24, 2.45) is 0 Å². The standard InChI is InChI=1S/C23H17NO3S/c1-14-18(12-20-24-19(13-28-20)23(26)27)16-10-6-3-7-11-17(16)21(14)22(25)15-8-4-2-5-9-15/h2-11,13H,12H2,1H3,(H,26,27). The summed E-state index contributed by atoms with van der Waals surface area (Å²) in [4.78, 5) is 28.6. The van der Waals surface area contributed by atoms with Gasteiger partial charge in [-0.05, 0) is 29.2 Å². The number of nitrogens with zero attached hydrogens (tertiary/aromatic N) is 1. The number of thiazole rings is 1. The van der Waals surface area contributed by atoms with E-state index in [2.05, 4.69) is 4.98 Å². The summed E-state index contributed by atoms with van der Waals surface area (Å²) >= 11 is 1.32. The Morgan fingerprint density at radius 2 is 1.61 bits per heavy atom. The summed E-state index contributed by atoms with van der Waals surface area (Å²) in [5.41, 5.74) is 5.23. The number of aromatic carboxylic acids is 1. The van der Waals surface area contributed by atoms with Gasteiger partial charge in [0.1, 0.15) is 0 Å². The molecule has 0 aliphatic heterocycles. The fraction of sp³-hybridized carbons (Fsp3) is 0.0870. The van der Waals surface area contributed by atoms with Crippen molar-refractivity contribution in [2.75, 3.05) is 0 Å². The molecular weight excluding hydrogens is 370 g/mol. The van der Waals surface area contributed by atoms with Crippen LogP contribution in [0.1, 0.15) is 42.5 Å². The van der Waals surface area contributed by atoms with E-state index >= 15 is 0 Å². The second-order valence-corrected chi connectivity index (χ2v) is 7.46. The third kappa shape index (κ3) is 3.21. The molecule has 2 aliphatic rings. The summed E-state index contributed by atoms with van der Waals surface area (Å²) in [6.45, 7) is 1.96. The van der Waals surface area contributed by atoms with Crippen molar-refractivity contribution >= 4 is 23.1 Å². The summed E-state index contributed by atoms with van der Waals surface area (Å²) in [6.07, 6.45) is 0.492. The Morgan fingerprint density at radius 1 is 0.964 bits per heavy atom. The topological polar surface area (TPSA) is 67.3 Å². The van der Waals surface area contributed by atoms with Gasteiger partial charge in [-0.15, -0.1) is 11.3 Å². The maximum atomic E-state index is 13.3. The lowest BCUT2D eigenvalue weighted by Crippen LogP contribution is -2.02. The van der Waals surface area contributed by atoms with Crippen LogP contribution in [0.4, 0.5) is 0 Å². The molecule has 28 heavy (non-hydrogen) atoms. The first kappa shape index (κ1) is 18.1. The maximum absolute atomic E-state index is 13.3. The molecule has 1 aromatic heterocycles. The number of hydrogen-bond donors (Lipinski definition) is 1. The summed E-state index contributed by atoms with van der Waals surface area (Å²) in [6, 6.07) is 19.0. The third-order valence-corrected chi connectivity index (χ3v) is 5.67. The van der Waals surface area contributed by atoms with E-state index in [-0.39, 0.29) is 11.5 Å². The highest BCUT2D eigenvalue weighted by Crippen LogP contribution is 2.38.